The van der Waals surface area contributed by atoms with Crippen molar-refractivity contribution < 1.29 is 13.9 Å². The highest BCUT2D eigenvalue weighted by Crippen LogP contribution is 2.22. The third kappa shape index (κ3) is 6.35. The average molecular weight is 344 g/mol. The van der Waals surface area contributed by atoms with Gasteiger partial charge in [0.05, 0.1) is 12.8 Å². The van der Waals surface area contributed by atoms with Gasteiger partial charge in [-0.15, -0.1) is 0 Å². The molecule has 0 bridgehead atoms. The lowest BCUT2D eigenvalue weighted by molar-refractivity contribution is -0.122. The minimum atomic E-state index is -0.0256. The van der Waals surface area contributed by atoms with Gasteiger partial charge >= 0.3 is 0 Å². The normalized spacial score (nSPS) is 12.4. The van der Waals surface area contributed by atoms with Crippen LogP contribution in [0.4, 0.5) is 0 Å². The lowest BCUT2D eigenvalue weighted by Gasteiger charge is -2.11. The maximum absolute atomic E-state index is 11.9. The molecule has 1 amide bonds. The Bertz CT molecular complexity index is 662. The van der Waals surface area contributed by atoms with Gasteiger partial charge in [-0.1, -0.05) is 38.1 Å². The van der Waals surface area contributed by atoms with Crippen molar-refractivity contribution in [1.82, 2.24) is 10.3 Å². The summed E-state index contributed by atoms with van der Waals surface area (Å²) in [6, 6.07) is 8.37. The van der Waals surface area contributed by atoms with Crippen molar-refractivity contribution in [2.24, 2.45) is 5.92 Å². The molecule has 0 spiro atoms. The predicted molar refractivity (Wildman–Crippen MR) is 98.3 cm³/mol. The zero-order chi connectivity index (χ0) is 18.2. The molecule has 0 fully saturated rings. The highest BCUT2D eigenvalue weighted by molar-refractivity contribution is 5.76. The molecule has 2 aromatic rings. The van der Waals surface area contributed by atoms with Crippen LogP contribution in [0.1, 0.15) is 38.6 Å². The molecule has 1 aromatic carbocycles. The van der Waals surface area contributed by atoms with Crippen LogP contribution < -0.4 is 5.32 Å². The number of rotatable bonds is 9. The van der Waals surface area contributed by atoms with Crippen LogP contribution in [-0.4, -0.2) is 30.6 Å². The fourth-order valence-electron chi connectivity index (χ4n) is 2.69. The van der Waals surface area contributed by atoms with E-state index in [1.165, 1.54) is 5.56 Å². The first-order valence-corrected chi connectivity index (χ1v) is 8.80. The summed E-state index contributed by atoms with van der Waals surface area (Å²) in [6.07, 6.45) is 3.62. The molecule has 136 valence electrons. The summed E-state index contributed by atoms with van der Waals surface area (Å²) in [4.78, 5) is 16.1. The van der Waals surface area contributed by atoms with Crippen molar-refractivity contribution >= 4 is 5.91 Å². The number of oxazole rings is 1. The fourth-order valence-corrected chi connectivity index (χ4v) is 2.69. The van der Waals surface area contributed by atoms with Crippen LogP contribution in [0.5, 0.6) is 0 Å². The van der Waals surface area contributed by atoms with Gasteiger partial charge in [-0.2, -0.15) is 0 Å². The first-order chi connectivity index (χ1) is 12.0. The maximum atomic E-state index is 11.9. The summed E-state index contributed by atoms with van der Waals surface area (Å²) >= 11 is 0. The topological polar surface area (TPSA) is 64.4 Å². The molecule has 1 aromatic heterocycles. The Morgan fingerprint density at radius 2 is 1.96 bits per heavy atom. The number of nitrogens with one attached hydrogen (secondary N) is 1. The number of nitrogens with zero attached hydrogens (tertiary/aromatic N) is 1. The van der Waals surface area contributed by atoms with E-state index in [-0.39, 0.29) is 11.9 Å². The van der Waals surface area contributed by atoms with E-state index in [1.807, 2.05) is 6.92 Å². The Labute approximate surface area is 149 Å². The number of amides is 1. The largest absolute Gasteiger partial charge is 0.441 e. The molecule has 1 N–H and O–H groups in total. The minimum Gasteiger partial charge on any atom is -0.441 e. The van der Waals surface area contributed by atoms with Crippen LogP contribution >= 0.6 is 0 Å². The molecular weight excluding hydrogens is 316 g/mol. The number of ether oxygens (including phenoxy) is 1. The van der Waals surface area contributed by atoms with Gasteiger partial charge in [0.1, 0.15) is 0 Å². The average Bonchev–Trinajstić information content (AvgIpc) is 3.02. The molecule has 0 aliphatic rings. The highest BCUT2D eigenvalue weighted by atomic mass is 16.5. The Balaban J connectivity index is 1.88. The second-order valence-corrected chi connectivity index (χ2v) is 6.84. The van der Waals surface area contributed by atoms with E-state index in [9.17, 15) is 4.79 Å². The van der Waals surface area contributed by atoms with Gasteiger partial charge in [0.2, 0.25) is 5.91 Å². The van der Waals surface area contributed by atoms with E-state index in [1.54, 1.807) is 13.3 Å². The van der Waals surface area contributed by atoms with Crippen LogP contribution in [-0.2, 0) is 22.4 Å². The molecule has 5 heteroatoms. The van der Waals surface area contributed by atoms with Gasteiger partial charge in [-0.05, 0) is 24.8 Å². The standard InChI is InChI=1S/C20H28N2O3/c1-14(2)11-16-5-7-17(8-6-16)18-12-21-20(25-18)10-9-19(23)22-15(3)13-24-4/h5-8,12,14-15H,9-11,13H2,1-4H3,(H,22,23). The molecule has 0 saturated carbocycles. The van der Waals surface area contributed by atoms with Crippen molar-refractivity contribution in [2.75, 3.05) is 13.7 Å². The predicted octanol–water partition coefficient (Wildman–Crippen LogP) is 3.62. The third-order valence-electron chi connectivity index (χ3n) is 3.83. The van der Waals surface area contributed by atoms with E-state index >= 15 is 0 Å². The van der Waals surface area contributed by atoms with Gasteiger partial charge in [-0.25, -0.2) is 4.98 Å². The molecule has 0 aliphatic carbocycles. The number of benzene rings is 1. The molecule has 1 atom stereocenters. The quantitative estimate of drug-likeness (QED) is 0.754. The molecular formula is C20H28N2O3. The molecule has 25 heavy (non-hydrogen) atoms. The van der Waals surface area contributed by atoms with Crippen molar-refractivity contribution in [3.8, 4) is 11.3 Å². The molecule has 0 saturated heterocycles. The number of carbonyl (C=O) groups excluding carboxylic acids is 1. The van der Waals surface area contributed by atoms with Crippen molar-refractivity contribution in [2.45, 2.75) is 46.1 Å². The first-order valence-electron chi connectivity index (χ1n) is 8.80. The van der Waals surface area contributed by atoms with Gasteiger partial charge < -0.3 is 14.5 Å². The van der Waals surface area contributed by atoms with Crippen molar-refractivity contribution in [3.63, 3.8) is 0 Å². The lowest BCUT2D eigenvalue weighted by Crippen LogP contribution is -2.35. The number of hydrogen-bond donors (Lipinski definition) is 1. The zero-order valence-corrected chi connectivity index (χ0v) is 15.5. The Morgan fingerprint density at radius 3 is 2.60 bits per heavy atom. The lowest BCUT2D eigenvalue weighted by atomic mass is 10.0. The maximum Gasteiger partial charge on any atom is 0.220 e. The molecule has 1 heterocycles. The highest BCUT2D eigenvalue weighted by Gasteiger charge is 2.11. The van der Waals surface area contributed by atoms with Gasteiger partial charge in [0.25, 0.3) is 0 Å². The van der Waals surface area contributed by atoms with Crippen LogP contribution in [0.3, 0.4) is 0 Å². The van der Waals surface area contributed by atoms with Gasteiger partial charge in [0.15, 0.2) is 11.7 Å². The van der Waals surface area contributed by atoms with E-state index in [4.69, 9.17) is 9.15 Å². The van der Waals surface area contributed by atoms with E-state index in [2.05, 4.69) is 48.4 Å². The summed E-state index contributed by atoms with van der Waals surface area (Å²) in [5.41, 5.74) is 2.32. The number of carbonyl (C=O) groups is 1. The van der Waals surface area contributed by atoms with Crippen molar-refractivity contribution in [3.05, 3.63) is 41.9 Å². The van der Waals surface area contributed by atoms with E-state index in [0.717, 1.165) is 17.7 Å². The number of aromatic nitrogens is 1. The molecule has 2 rings (SSSR count). The second kappa shape index (κ2) is 9.37. The smallest absolute Gasteiger partial charge is 0.220 e. The summed E-state index contributed by atoms with van der Waals surface area (Å²) < 4.78 is 10.8. The number of hydrogen-bond acceptors (Lipinski definition) is 4. The molecule has 5 nitrogen and oxygen atoms in total. The van der Waals surface area contributed by atoms with Crippen molar-refractivity contribution in [1.29, 1.82) is 0 Å². The summed E-state index contributed by atoms with van der Waals surface area (Å²) in [5.74, 6) is 1.93. The zero-order valence-electron chi connectivity index (χ0n) is 15.5. The fraction of sp³-hybridized carbons (Fsp3) is 0.500. The van der Waals surface area contributed by atoms with E-state index in [0.29, 0.717) is 31.3 Å². The Kier molecular flexibility index (Phi) is 7.19. The number of methoxy groups -OCH3 is 1. The summed E-state index contributed by atoms with van der Waals surface area (Å²) in [7, 11) is 1.62. The first kappa shape index (κ1) is 19.2. The Morgan fingerprint density at radius 1 is 1.24 bits per heavy atom. The Hall–Kier alpha value is -2.14. The monoisotopic (exact) mass is 344 g/mol. The van der Waals surface area contributed by atoms with Gasteiger partial charge in [-0.3, -0.25) is 4.79 Å². The van der Waals surface area contributed by atoms with Crippen LogP contribution in [0.25, 0.3) is 11.3 Å². The van der Waals surface area contributed by atoms with E-state index < -0.39 is 0 Å². The van der Waals surface area contributed by atoms with Crippen LogP contribution in [0.15, 0.2) is 34.9 Å². The molecule has 0 aliphatic heterocycles. The minimum absolute atomic E-state index is 0.00183. The van der Waals surface area contributed by atoms with Gasteiger partial charge in [0, 0.05) is 31.6 Å². The van der Waals surface area contributed by atoms with Crippen LogP contribution in [0, 0.1) is 5.92 Å². The third-order valence-corrected chi connectivity index (χ3v) is 3.83. The molecule has 0 radical (unpaired) electrons. The van der Waals surface area contributed by atoms with Crippen LogP contribution in [0.2, 0.25) is 0 Å². The summed E-state index contributed by atoms with van der Waals surface area (Å²) in [6.45, 7) is 6.83. The SMILES string of the molecule is COCC(C)NC(=O)CCc1ncc(-c2ccc(CC(C)C)cc2)o1. The number of aryl methyl sites for hydroxylation is 1. The second-order valence-electron chi connectivity index (χ2n) is 6.84. The summed E-state index contributed by atoms with van der Waals surface area (Å²) in [5, 5.41) is 2.88. The molecule has 1 unspecified atom stereocenters.